The number of unbranched alkanes of at least 4 members (excludes halogenated alkanes) is 1. The molecule has 0 aliphatic rings. The molecular formula is C16H27NO3. The molecule has 0 amide bonds. The summed E-state index contributed by atoms with van der Waals surface area (Å²) in [5.41, 5.74) is 2.40. The van der Waals surface area contributed by atoms with Gasteiger partial charge in [0.1, 0.15) is 0 Å². The van der Waals surface area contributed by atoms with E-state index >= 15 is 0 Å². The predicted molar refractivity (Wildman–Crippen MR) is 81.6 cm³/mol. The van der Waals surface area contributed by atoms with E-state index in [0.29, 0.717) is 6.54 Å². The Morgan fingerprint density at radius 1 is 1.10 bits per heavy atom. The maximum Gasteiger partial charge on any atom is 0.161 e. The van der Waals surface area contributed by atoms with Crippen molar-refractivity contribution in [3.8, 4) is 11.5 Å². The van der Waals surface area contributed by atoms with Crippen molar-refractivity contribution in [1.82, 2.24) is 4.90 Å². The number of rotatable bonds is 9. The van der Waals surface area contributed by atoms with E-state index in [-0.39, 0.29) is 6.61 Å². The molecular weight excluding hydrogens is 254 g/mol. The summed E-state index contributed by atoms with van der Waals surface area (Å²) in [4.78, 5) is 2.28. The SMILES string of the molecule is CCCCN(CCO)Cc1cc(OC)c(OC)cc1C. The largest absolute Gasteiger partial charge is 0.493 e. The van der Waals surface area contributed by atoms with Crippen LogP contribution in [-0.4, -0.2) is 43.9 Å². The summed E-state index contributed by atoms with van der Waals surface area (Å²) in [5, 5.41) is 9.18. The quantitative estimate of drug-likeness (QED) is 0.755. The standard InChI is InChI=1S/C16H27NO3/c1-5-6-7-17(8-9-18)12-14-11-16(20-4)15(19-3)10-13(14)2/h10-11,18H,5-9,12H2,1-4H3. The van der Waals surface area contributed by atoms with Gasteiger partial charge < -0.3 is 14.6 Å². The number of ether oxygens (including phenoxy) is 2. The highest BCUT2D eigenvalue weighted by Gasteiger charge is 2.12. The Balaban J connectivity index is 2.88. The van der Waals surface area contributed by atoms with Gasteiger partial charge in [-0.3, -0.25) is 4.90 Å². The van der Waals surface area contributed by atoms with E-state index in [1.165, 1.54) is 11.1 Å². The number of aryl methyl sites for hydroxylation is 1. The molecule has 0 spiro atoms. The first-order valence-electron chi connectivity index (χ1n) is 7.21. The third-order valence-electron chi connectivity index (χ3n) is 3.48. The van der Waals surface area contributed by atoms with E-state index in [4.69, 9.17) is 9.47 Å². The Bertz CT molecular complexity index is 407. The van der Waals surface area contributed by atoms with Crippen molar-refractivity contribution >= 4 is 0 Å². The average Bonchev–Trinajstić information content (AvgIpc) is 2.46. The van der Waals surface area contributed by atoms with Gasteiger partial charge in [0.2, 0.25) is 0 Å². The van der Waals surface area contributed by atoms with Crippen molar-refractivity contribution < 1.29 is 14.6 Å². The summed E-state index contributed by atoms with van der Waals surface area (Å²) < 4.78 is 10.7. The molecule has 1 aromatic rings. The fourth-order valence-corrected chi connectivity index (χ4v) is 2.23. The van der Waals surface area contributed by atoms with E-state index in [1.807, 2.05) is 12.1 Å². The second kappa shape index (κ2) is 8.82. The molecule has 4 heteroatoms. The van der Waals surface area contributed by atoms with E-state index < -0.39 is 0 Å². The Kier molecular flexibility index (Phi) is 7.41. The number of aliphatic hydroxyl groups is 1. The lowest BCUT2D eigenvalue weighted by molar-refractivity contribution is 0.188. The number of nitrogens with zero attached hydrogens (tertiary/aromatic N) is 1. The third kappa shape index (κ3) is 4.69. The molecule has 0 atom stereocenters. The molecule has 0 radical (unpaired) electrons. The second-order valence-corrected chi connectivity index (χ2v) is 4.99. The predicted octanol–water partition coefficient (Wildman–Crippen LogP) is 2.61. The first-order valence-corrected chi connectivity index (χ1v) is 7.21. The summed E-state index contributed by atoms with van der Waals surface area (Å²) >= 11 is 0. The van der Waals surface area contributed by atoms with E-state index in [1.54, 1.807) is 14.2 Å². The summed E-state index contributed by atoms with van der Waals surface area (Å²) in [6.07, 6.45) is 2.30. The molecule has 0 aliphatic heterocycles. The lowest BCUT2D eigenvalue weighted by Crippen LogP contribution is -2.27. The average molecular weight is 281 g/mol. The van der Waals surface area contributed by atoms with E-state index in [9.17, 15) is 5.11 Å². The van der Waals surface area contributed by atoms with Gasteiger partial charge in [-0.2, -0.15) is 0 Å². The maximum absolute atomic E-state index is 9.18. The van der Waals surface area contributed by atoms with Crippen LogP contribution >= 0.6 is 0 Å². The van der Waals surface area contributed by atoms with Crippen molar-refractivity contribution in [1.29, 1.82) is 0 Å². The molecule has 114 valence electrons. The van der Waals surface area contributed by atoms with Gasteiger partial charge in [0.25, 0.3) is 0 Å². The molecule has 20 heavy (non-hydrogen) atoms. The summed E-state index contributed by atoms with van der Waals surface area (Å²) in [6, 6.07) is 4.04. The number of hydrogen-bond acceptors (Lipinski definition) is 4. The minimum Gasteiger partial charge on any atom is -0.493 e. The molecule has 1 rings (SSSR count). The fraction of sp³-hybridized carbons (Fsp3) is 0.625. The molecule has 0 fully saturated rings. The van der Waals surface area contributed by atoms with Crippen LogP contribution in [0.1, 0.15) is 30.9 Å². The Hall–Kier alpha value is -1.26. The van der Waals surface area contributed by atoms with Crippen LogP contribution in [0.4, 0.5) is 0 Å². The fourth-order valence-electron chi connectivity index (χ4n) is 2.23. The lowest BCUT2D eigenvalue weighted by Gasteiger charge is -2.23. The van der Waals surface area contributed by atoms with Gasteiger partial charge >= 0.3 is 0 Å². The van der Waals surface area contributed by atoms with Crippen LogP contribution in [0.3, 0.4) is 0 Å². The number of methoxy groups -OCH3 is 2. The molecule has 0 saturated carbocycles. The summed E-state index contributed by atoms with van der Waals surface area (Å²) in [6.45, 7) is 6.98. The van der Waals surface area contributed by atoms with Crippen LogP contribution in [0.25, 0.3) is 0 Å². The minimum absolute atomic E-state index is 0.191. The molecule has 1 aromatic carbocycles. The normalized spacial score (nSPS) is 10.9. The van der Waals surface area contributed by atoms with Crippen molar-refractivity contribution in [2.45, 2.75) is 33.2 Å². The maximum atomic E-state index is 9.18. The Labute approximate surface area is 122 Å². The third-order valence-corrected chi connectivity index (χ3v) is 3.48. The molecule has 0 unspecified atom stereocenters. The van der Waals surface area contributed by atoms with Gasteiger partial charge in [-0.25, -0.2) is 0 Å². The van der Waals surface area contributed by atoms with Gasteiger partial charge in [0.05, 0.1) is 20.8 Å². The van der Waals surface area contributed by atoms with Gasteiger partial charge in [0, 0.05) is 13.1 Å². The number of aliphatic hydroxyl groups excluding tert-OH is 1. The highest BCUT2D eigenvalue weighted by molar-refractivity contribution is 5.47. The van der Waals surface area contributed by atoms with Crippen molar-refractivity contribution in [3.05, 3.63) is 23.3 Å². The van der Waals surface area contributed by atoms with Crippen LogP contribution in [0.15, 0.2) is 12.1 Å². The first-order chi connectivity index (χ1) is 9.65. The first kappa shape index (κ1) is 16.8. The van der Waals surface area contributed by atoms with Crippen LogP contribution < -0.4 is 9.47 Å². The highest BCUT2D eigenvalue weighted by Crippen LogP contribution is 2.30. The van der Waals surface area contributed by atoms with Crippen molar-refractivity contribution in [2.24, 2.45) is 0 Å². The lowest BCUT2D eigenvalue weighted by atomic mass is 10.1. The molecule has 4 nitrogen and oxygen atoms in total. The van der Waals surface area contributed by atoms with Crippen LogP contribution in [0, 0.1) is 6.92 Å². The van der Waals surface area contributed by atoms with Gasteiger partial charge in [-0.1, -0.05) is 13.3 Å². The van der Waals surface area contributed by atoms with Crippen molar-refractivity contribution in [3.63, 3.8) is 0 Å². The molecule has 1 N–H and O–H groups in total. The Morgan fingerprint density at radius 2 is 1.75 bits per heavy atom. The van der Waals surface area contributed by atoms with Crippen LogP contribution in [-0.2, 0) is 6.54 Å². The van der Waals surface area contributed by atoms with E-state index in [2.05, 4.69) is 18.7 Å². The van der Waals surface area contributed by atoms with Gasteiger partial charge in [-0.15, -0.1) is 0 Å². The molecule has 0 aliphatic carbocycles. The zero-order valence-corrected chi connectivity index (χ0v) is 13.1. The summed E-state index contributed by atoms with van der Waals surface area (Å²) in [5.74, 6) is 1.52. The monoisotopic (exact) mass is 281 g/mol. The smallest absolute Gasteiger partial charge is 0.161 e. The van der Waals surface area contributed by atoms with Crippen LogP contribution in [0.2, 0.25) is 0 Å². The molecule has 0 bridgehead atoms. The van der Waals surface area contributed by atoms with Gasteiger partial charge in [-0.05, 0) is 43.1 Å². The minimum atomic E-state index is 0.191. The number of benzene rings is 1. The van der Waals surface area contributed by atoms with Crippen molar-refractivity contribution in [2.75, 3.05) is 33.9 Å². The molecule has 0 saturated heterocycles. The Morgan fingerprint density at radius 3 is 2.30 bits per heavy atom. The molecule has 0 aromatic heterocycles. The van der Waals surface area contributed by atoms with Crippen LogP contribution in [0.5, 0.6) is 11.5 Å². The zero-order chi connectivity index (χ0) is 15.0. The number of hydrogen-bond donors (Lipinski definition) is 1. The molecule has 0 heterocycles. The topological polar surface area (TPSA) is 41.9 Å². The highest BCUT2D eigenvalue weighted by atomic mass is 16.5. The zero-order valence-electron chi connectivity index (χ0n) is 13.1. The second-order valence-electron chi connectivity index (χ2n) is 4.99. The van der Waals surface area contributed by atoms with E-state index in [0.717, 1.165) is 37.4 Å². The summed E-state index contributed by atoms with van der Waals surface area (Å²) in [7, 11) is 3.30. The van der Waals surface area contributed by atoms with Gasteiger partial charge in [0.15, 0.2) is 11.5 Å².